The van der Waals surface area contributed by atoms with E-state index in [0.29, 0.717) is 5.92 Å². The van der Waals surface area contributed by atoms with Gasteiger partial charge in [-0.3, -0.25) is 0 Å². The molecule has 0 aromatic heterocycles. The molecule has 2 rings (SSSR count). The van der Waals surface area contributed by atoms with Gasteiger partial charge < -0.3 is 4.74 Å². The number of terminal acetylenes is 1. The third-order valence-electron chi connectivity index (χ3n) is 3.15. The lowest BCUT2D eigenvalue weighted by Gasteiger charge is -2.29. The van der Waals surface area contributed by atoms with E-state index in [1.165, 1.54) is 24.8 Å². The fraction of sp³-hybridized carbons (Fsp3) is 0.429. The van der Waals surface area contributed by atoms with Crippen molar-refractivity contribution in [3.05, 3.63) is 35.9 Å². The Morgan fingerprint density at radius 2 is 1.87 bits per heavy atom. The first kappa shape index (κ1) is 10.1. The van der Waals surface area contributed by atoms with Crippen molar-refractivity contribution in [1.82, 2.24) is 0 Å². The van der Waals surface area contributed by atoms with Gasteiger partial charge in [-0.05, 0) is 24.8 Å². The van der Waals surface area contributed by atoms with Crippen LogP contribution in [0.5, 0.6) is 0 Å². The van der Waals surface area contributed by atoms with Crippen LogP contribution in [0, 0.1) is 12.5 Å². The molecule has 1 aliphatic carbocycles. The van der Waals surface area contributed by atoms with Crippen molar-refractivity contribution in [2.24, 2.45) is 0 Å². The van der Waals surface area contributed by atoms with Crippen molar-refractivity contribution in [3.63, 3.8) is 0 Å². The standard InChI is InChI=1S/C14H16O/c1-2-15-14-11-7-6-10-13(14)12-8-4-3-5-9-12/h1,3-5,8-9,13-14H,6-7,10-11H2/t13-,14+/m1/s1. The highest BCUT2D eigenvalue weighted by Crippen LogP contribution is 2.34. The summed E-state index contributed by atoms with van der Waals surface area (Å²) in [6.45, 7) is 0. The van der Waals surface area contributed by atoms with Crippen molar-refractivity contribution in [3.8, 4) is 12.5 Å². The second kappa shape index (κ2) is 4.89. The summed E-state index contributed by atoms with van der Waals surface area (Å²) in [6.07, 6.45) is 12.6. The Morgan fingerprint density at radius 3 is 2.60 bits per heavy atom. The van der Waals surface area contributed by atoms with Crippen molar-refractivity contribution < 1.29 is 4.74 Å². The van der Waals surface area contributed by atoms with E-state index in [0.717, 1.165) is 6.42 Å². The maximum absolute atomic E-state index is 5.38. The molecule has 0 bridgehead atoms. The van der Waals surface area contributed by atoms with Gasteiger partial charge in [-0.1, -0.05) is 43.2 Å². The molecular weight excluding hydrogens is 184 g/mol. The average molecular weight is 200 g/mol. The molecule has 1 aromatic carbocycles. The molecule has 0 saturated heterocycles. The Bertz CT molecular complexity index is 336. The number of rotatable bonds is 2. The van der Waals surface area contributed by atoms with Gasteiger partial charge in [0.25, 0.3) is 0 Å². The van der Waals surface area contributed by atoms with Crippen LogP contribution in [0.4, 0.5) is 0 Å². The summed E-state index contributed by atoms with van der Waals surface area (Å²) in [4.78, 5) is 0. The van der Waals surface area contributed by atoms with Crippen molar-refractivity contribution in [1.29, 1.82) is 0 Å². The van der Waals surface area contributed by atoms with Gasteiger partial charge >= 0.3 is 0 Å². The average Bonchev–Trinajstić information content (AvgIpc) is 2.31. The van der Waals surface area contributed by atoms with Gasteiger partial charge in [0.05, 0.1) is 0 Å². The summed E-state index contributed by atoms with van der Waals surface area (Å²) < 4.78 is 5.38. The predicted molar refractivity (Wildman–Crippen MR) is 61.4 cm³/mol. The number of benzene rings is 1. The molecule has 0 unspecified atom stereocenters. The number of hydrogen-bond acceptors (Lipinski definition) is 1. The molecule has 1 saturated carbocycles. The summed E-state index contributed by atoms with van der Waals surface area (Å²) in [5, 5.41) is 0. The van der Waals surface area contributed by atoms with Gasteiger partial charge in [-0.15, -0.1) is 0 Å². The molecule has 0 amide bonds. The van der Waals surface area contributed by atoms with Gasteiger partial charge in [-0.2, -0.15) is 0 Å². The minimum Gasteiger partial charge on any atom is -0.443 e. The van der Waals surface area contributed by atoms with Crippen molar-refractivity contribution >= 4 is 0 Å². The Hall–Kier alpha value is -1.42. The minimum atomic E-state index is 0.214. The molecule has 0 radical (unpaired) electrons. The van der Waals surface area contributed by atoms with Crippen LogP contribution in [-0.4, -0.2) is 6.10 Å². The van der Waals surface area contributed by atoms with Gasteiger partial charge in [0.2, 0.25) is 0 Å². The lowest BCUT2D eigenvalue weighted by molar-refractivity contribution is 0.102. The lowest BCUT2D eigenvalue weighted by Crippen LogP contribution is -2.24. The molecule has 0 N–H and O–H groups in total. The van der Waals surface area contributed by atoms with Crippen LogP contribution in [0.25, 0.3) is 0 Å². The quantitative estimate of drug-likeness (QED) is 0.665. The molecule has 0 aliphatic heterocycles. The molecule has 15 heavy (non-hydrogen) atoms. The highest BCUT2D eigenvalue weighted by molar-refractivity contribution is 5.21. The summed E-state index contributed by atoms with van der Waals surface area (Å²) in [7, 11) is 0. The summed E-state index contributed by atoms with van der Waals surface area (Å²) >= 11 is 0. The third kappa shape index (κ3) is 2.33. The molecule has 1 aliphatic rings. The zero-order chi connectivity index (χ0) is 10.5. The molecule has 1 heteroatoms. The van der Waals surface area contributed by atoms with Crippen molar-refractivity contribution in [2.75, 3.05) is 0 Å². The molecule has 1 aromatic rings. The maximum Gasteiger partial charge on any atom is 0.117 e. The fourth-order valence-electron chi connectivity index (χ4n) is 2.41. The van der Waals surface area contributed by atoms with Gasteiger partial charge in [-0.25, -0.2) is 0 Å². The fourth-order valence-corrected chi connectivity index (χ4v) is 2.41. The highest BCUT2D eigenvalue weighted by atomic mass is 16.5. The first-order valence-electron chi connectivity index (χ1n) is 5.58. The van der Waals surface area contributed by atoms with Gasteiger partial charge in [0.15, 0.2) is 0 Å². The molecule has 0 heterocycles. The maximum atomic E-state index is 5.38. The van der Waals surface area contributed by atoms with E-state index >= 15 is 0 Å². The smallest absolute Gasteiger partial charge is 0.117 e. The van der Waals surface area contributed by atoms with Crippen LogP contribution in [-0.2, 0) is 4.74 Å². The van der Waals surface area contributed by atoms with Gasteiger partial charge in [0.1, 0.15) is 12.2 Å². The Labute approximate surface area is 91.5 Å². The van der Waals surface area contributed by atoms with Crippen LogP contribution in [0.3, 0.4) is 0 Å². The Morgan fingerprint density at radius 1 is 1.13 bits per heavy atom. The third-order valence-corrected chi connectivity index (χ3v) is 3.15. The predicted octanol–water partition coefficient (Wildman–Crippen LogP) is 3.32. The Kier molecular flexibility index (Phi) is 3.29. The molecule has 2 atom stereocenters. The van der Waals surface area contributed by atoms with Gasteiger partial charge in [0, 0.05) is 5.92 Å². The van der Waals surface area contributed by atoms with Crippen LogP contribution in [0.1, 0.15) is 37.2 Å². The first-order chi connectivity index (χ1) is 7.42. The van der Waals surface area contributed by atoms with E-state index in [4.69, 9.17) is 11.2 Å². The van der Waals surface area contributed by atoms with Crippen LogP contribution >= 0.6 is 0 Å². The lowest BCUT2D eigenvalue weighted by atomic mass is 9.82. The minimum absolute atomic E-state index is 0.214. The zero-order valence-corrected chi connectivity index (χ0v) is 8.86. The van der Waals surface area contributed by atoms with Crippen LogP contribution in [0.2, 0.25) is 0 Å². The summed E-state index contributed by atoms with van der Waals surface area (Å²) in [6, 6.07) is 10.5. The molecule has 1 fully saturated rings. The topological polar surface area (TPSA) is 9.23 Å². The largest absolute Gasteiger partial charge is 0.443 e. The van der Waals surface area contributed by atoms with E-state index in [1.807, 2.05) is 6.07 Å². The van der Waals surface area contributed by atoms with E-state index in [1.54, 1.807) is 0 Å². The molecule has 1 nitrogen and oxygen atoms in total. The monoisotopic (exact) mass is 200 g/mol. The summed E-state index contributed by atoms with van der Waals surface area (Å²) in [5.41, 5.74) is 1.36. The Balaban J connectivity index is 2.15. The normalized spacial score (nSPS) is 25.5. The number of ether oxygens (including phenoxy) is 1. The van der Waals surface area contributed by atoms with Crippen molar-refractivity contribution in [2.45, 2.75) is 37.7 Å². The zero-order valence-electron chi connectivity index (χ0n) is 8.86. The van der Waals surface area contributed by atoms with Crippen LogP contribution in [0.15, 0.2) is 30.3 Å². The molecule has 78 valence electrons. The van der Waals surface area contributed by atoms with E-state index < -0.39 is 0 Å². The molecular formula is C14H16O. The number of hydrogen-bond donors (Lipinski definition) is 0. The molecule has 0 spiro atoms. The van der Waals surface area contributed by atoms with E-state index in [-0.39, 0.29) is 6.10 Å². The van der Waals surface area contributed by atoms with E-state index in [2.05, 4.69) is 30.4 Å². The van der Waals surface area contributed by atoms with Crippen LogP contribution < -0.4 is 0 Å². The van der Waals surface area contributed by atoms with E-state index in [9.17, 15) is 0 Å². The SMILES string of the molecule is C#CO[C@H]1CCCC[C@@H]1c1ccccc1. The highest BCUT2D eigenvalue weighted by Gasteiger charge is 2.27. The first-order valence-corrected chi connectivity index (χ1v) is 5.58. The second-order valence-electron chi connectivity index (χ2n) is 4.08. The second-order valence-corrected chi connectivity index (χ2v) is 4.08. The summed E-state index contributed by atoms with van der Waals surface area (Å²) in [5.74, 6) is 0.482.